The third-order valence-corrected chi connectivity index (χ3v) is 2.89. The fraction of sp³-hybridized carbons (Fsp3) is 0.357. The first-order chi connectivity index (χ1) is 8.66. The third-order valence-electron chi connectivity index (χ3n) is 2.89. The average Bonchev–Trinajstić information content (AvgIpc) is 2.84. The number of nitrogens with two attached hydrogens (primary N) is 1. The van der Waals surface area contributed by atoms with E-state index in [1.807, 2.05) is 36.7 Å². The van der Waals surface area contributed by atoms with Crippen LogP contribution in [0.1, 0.15) is 24.1 Å². The maximum atomic E-state index is 5.85. The molecule has 1 heterocycles. The molecule has 0 aliphatic heterocycles. The number of rotatable bonds is 5. The van der Waals surface area contributed by atoms with Gasteiger partial charge in [0.1, 0.15) is 12.4 Å². The van der Waals surface area contributed by atoms with Crippen molar-refractivity contribution in [2.24, 2.45) is 5.73 Å². The zero-order valence-electron chi connectivity index (χ0n) is 10.8. The largest absolute Gasteiger partial charge is 0.491 e. The van der Waals surface area contributed by atoms with Crippen LogP contribution in [0.2, 0.25) is 0 Å². The van der Waals surface area contributed by atoms with Gasteiger partial charge in [0.15, 0.2) is 0 Å². The second kappa shape index (κ2) is 5.69. The minimum Gasteiger partial charge on any atom is -0.491 e. The lowest BCUT2D eigenvalue weighted by Crippen LogP contribution is -2.08. The molecule has 0 bridgehead atoms. The predicted octanol–water partition coefficient (Wildman–Crippen LogP) is 2.29. The molecule has 2 rings (SSSR count). The van der Waals surface area contributed by atoms with Crippen molar-refractivity contribution in [3.63, 3.8) is 0 Å². The fourth-order valence-electron chi connectivity index (χ4n) is 1.80. The SMILES string of the molecule is Cc1cc(C(C)N)ccc1OCCn1ccnc1. The molecule has 1 aromatic carbocycles. The van der Waals surface area contributed by atoms with Crippen LogP contribution in [0.5, 0.6) is 5.75 Å². The Morgan fingerprint density at radius 3 is 2.89 bits per heavy atom. The summed E-state index contributed by atoms with van der Waals surface area (Å²) in [5.74, 6) is 0.916. The first kappa shape index (κ1) is 12.6. The van der Waals surface area contributed by atoms with E-state index in [1.165, 1.54) is 0 Å². The van der Waals surface area contributed by atoms with Crippen molar-refractivity contribution in [2.45, 2.75) is 26.4 Å². The molecule has 2 aromatic rings. The molecule has 0 saturated heterocycles. The molecule has 1 atom stereocenters. The highest BCUT2D eigenvalue weighted by Crippen LogP contribution is 2.21. The van der Waals surface area contributed by atoms with Crippen molar-refractivity contribution in [3.8, 4) is 5.75 Å². The molecule has 4 nitrogen and oxygen atoms in total. The second-order valence-corrected chi connectivity index (χ2v) is 4.46. The highest BCUT2D eigenvalue weighted by molar-refractivity contribution is 5.37. The van der Waals surface area contributed by atoms with E-state index >= 15 is 0 Å². The van der Waals surface area contributed by atoms with Crippen LogP contribution < -0.4 is 10.5 Å². The summed E-state index contributed by atoms with van der Waals surface area (Å²) in [6, 6.07) is 6.15. The zero-order valence-corrected chi connectivity index (χ0v) is 10.8. The summed E-state index contributed by atoms with van der Waals surface area (Å²) < 4.78 is 7.75. The topological polar surface area (TPSA) is 53.1 Å². The number of nitrogens with zero attached hydrogens (tertiary/aromatic N) is 2. The Labute approximate surface area is 107 Å². The van der Waals surface area contributed by atoms with Gasteiger partial charge in [-0.15, -0.1) is 0 Å². The Morgan fingerprint density at radius 2 is 2.28 bits per heavy atom. The summed E-state index contributed by atoms with van der Waals surface area (Å²) in [6.07, 6.45) is 5.48. The van der Waals surface area contributed by atoms with Crippen molar-refractivity contribution in [1.82, 2.24) is 9.55 Å². The Kier molecular flexibility index (Phi) is 3.99. The quantitative estimate of drug-likeness (QED) is 0.879. The van der Waals surface area contributed by atoms with E-state index in [9.17, 15) is 0 Å². The summed E-state index contributed by atoms with van der Waals surface area (Å²) in [5, 5.41) is 0. The summed E-state index contributed by atoms with van der Waals surface area (Å²) in [7, 11) is 0. The van der Waals surface area contributed by atoms with Gasteiger partial charge in [-0.1, -0.05) is 12.1 Å². The first-order valence-electron chi connectivity index (χ1n) is 6.11. The van der Waals surface area contributed by atoms with Gasteiger partial charge in [-0.05, 0) is 31.0 Å². The number of benzene rings is 1. The normalized spacial score (nSPS) is 12.4. The average molecular weight is 245 g/mol. The van der Waals surface area contributed by atoms with Gasteiger partial charge in [0.25, 0.3) is 0 Å². The molecular weight excluding hydrogens is 226 g/mol. The monoisotopic (exact) mass is 245 g/mol. The van der Waals surface area contributed by atoms with Gasteiger partial charge in [-0.3, -0.25) is 0 Å². The molecule has 0 radical (unpaired) electrons. The number of aromatic nitrogens is 2. The van der Waals surface area contributed by atoms with Gasteiger partial charge >= 0.3 is 0 Å². The molecule has 2 N–H and O–H groups in total. The lowest BCUT2D eigenvalue weighted by Gasteiger charge is -2.12. The third kappa shape index (κ3) is 3.11. The standard InChI is InChI=1S/C14H19N3O/c1-11-9-13(12(2)15)3-4-14(11)18-8-7-17-6-5-16-10-17/h3-6,9-10,12H,7-8,15H2,1-2H3. The number of hydrogen-bond donors (Lipinski definition) is 1. The molecule has 0 aliphatic carbocycles. The van der Waals surface area contributed by atoms with Gasteiger partial charge in [0.05, 0.1) is 12.9 Å². The van der Waals surface area contributed by atoms with E-state index in [-0.39, 0.29) is 6.04 Å². The van der Waals surface area contributed by atoms with Crippen LogP contribution in [-0.4, -0.2) is 16.2 Å². The summed E-state index contributed by atoms with van der Waals surface area (Å²) in [4.78, 5) is 3.99. The smallest absolute Gasteiger partial charge is 0.122 e. The number of imidazole rings is 1. The zero-order chi connectivity index (χ0) is 13.0. The summed E-state index contributed by atoms with van der Waals surface area (Å²) in [6.45, 7) is 5.45. The molecule has 0 spiro atoms. The van der Waals surface area contributed by atoms with Crippen LogP contribution in [0.3, 0.4) is 0 Å². The van der Waals surface area contributed by atoms with Crippen molar-refractivity contribution >= 4 is 0 Å². The van der Waals surface area contributed by atoms with Crippen LogP contribution >= 0.6 is 0 Å². The minimum atomic E-state index is 0.0590. The lowest BCUT2D eigenvalue weighted by atomic mass is 10.1. The minimum absolute atomic E-state index is 0.0590. The Morgan fingerprint density at radius 1 is 1.44 bits per heavy atom. The molecule has 1 unspecified atom stereocenters. The van der Waals surface area contributed by atoms with Crippen molar-refractivity contribution < 1.29 is 4.74 Å². The van der Waals surface area contributed by atoms with Crippen molar-refractivity contribution in [1.29, 1.82) is 0 Å². The summed E-state index contributed by atoms with van der Waals surface area (Å²) >= 11 is 0. The van der Waals surface area contributed by atoms with Crippen molar-refractivity contribution in [3.05, 3.63) is 48.0 Å². The number of aryl methyl sites for hydroxylation is 1. The molecule has 4 heteroatoms. The van der Waals surface area contributed by atoms with Gasteiger partial charge in [0.2, 0.25) is 0 Å². The summed E-state index contributed by atoms with van der Waals surface area (Å²) in [5.41, 5.74) is 8.10. The second-order valence-electron chi connectivity index (χ2n) is 4.46. The van der Waals surface area contributed by atoms with E-state index < -0.39 is 0 Å². The molecule has 1 aromatic heterocycles. The van der Waals surface area contributed by atoms with Crippen LogP contribution in [0.4, 0.5) is 0 Å². The van der Waals surface area contributed by atoms with Gasteiger partial charge in [-0.2, -0.15) is 0 Å². The molecule has 18 heavy (non-hydrogen) atoms. The van der Waals surface area contributed by atoms with Gasteiger partial charge in [0, 0.05) is 18.4 Å². The van der Waals surface area contributed by atoms with E-state index in [0.29, 0.717) is 6.61 Å². The van der Waals surface area contributed by atoms with E-state index in [0.717, 1.165) is 23.4 Å². The van der Waals surface area contributed by atoms with Crippen LogP contribution in [0, 0.1) is 6.92 Å². The Bertz CT molecular complexity index is 492. The highest BCUT2D eigenvalue weighted by Gasteiger charge is 2.04. The highest BCUT2D eigenvalue weighted by atomic mass is 16.5. The number of ether oxygens (including phenoxy) is 1. The van der Waals surface area contributed by atoms with E-state index in [4.69, 9.17) is 10.5 Å². The number of hydrogen-bond acceptors (Lipinski definition) is 3. The first-order valence-corrected chi connectivity index (χ1v) is 6.11. The Balaban J connectivity index is 1.93. The molecule has 0 amide bonds. The fourth-order valence-corrected chi connectivity index (χ4v) is 1.80. The van der Waals surface area contributed by atoms with Gasteiger partial charge in [-0.25, -0.2) is 4.98 Å². The van der Waals surface area contributed by atoms with Crippen LogP contribution in [0.25, 0.3) is 0 Å². The predicted molar refractivity (Wildman–Crippen MR) is 71.5 cm³/mol. The molecule has 0 fully saturated rings. The molecule has 0 aliphatic rings. The molecule has 96 valence electrons. The van der Waals surface area contributed by atoms with Crippen LogP contribution in [0.15, 0.2) is 36.9 Å². The van der Waals surface area contributed by atoms with E-state index in [1.54, 1.807) is 12.5 Å². The van der Waals surface area contributed by atoms with Gasteiger partial charge < -0.3 is 15.0 Å². The molecule has 0 saturated carbocycles. The maximum Gasteiger partial charge on any atom is 0.122 e. The van der Waals surface area contributed by atoms with Crippen LogP contribution in [-0.2, 0) is 6.54 Å². The lowest BCUT2D eigenvalue weighted by molar-refractivity contribution is 0.296. The Hall–Kier alpha value is -1.81. The maximum absolute atomic E-state index is 5.85. The van der Waals surface area contributed by atoms with E-state index in [2.05, 4.69) is 11.1 Å². The van der Waals surface area contributed by atoms with Crippen molar-refractivity contribution in [2.75, 3.05) is 6.61 Å². The molecular formula is C14H19N3O.